The van der Waals surface area contributed by atoms with E-state index in [2.05, 4.69) is 9.72 Å². The molecule has 0 radical (unpaired) electrons. The number of amides is 1. The standard InChI is InChI=1S/C9H12N2O2/c1-11(9(12)13-2)7-8-4-3-5-10-6-8/h3-6H,7H2,1-2H3. The van der Waals surface area contributed by atoms with Crippen molar-refractivity contribution in [1.29, 1.82) is 0 Å². The highest BCUT2D eigenvalue weighted by Crippen LogP contribution is 2.01. The van der Waals surface area contributed by atoms with Crippen molar-refractivity contribution in [3.63, 3.8) is 0 Å². The van der Waals surface area contributed by atoms with Crippen LogP contribution in [-0.4, -0.2) is 30.1 Å². The van der Waals surface area contributed by atoms with E-state index in [4.69, 9.17) is 0 Å². The van der Waals surface area contributed by atoms with Crippen LogP contribution in [0.1, 0.15) is 5.56 Å². The van der Waals surface area contributed by atoms with Crippen LogP contribution in [0.5, 0.6) is 0 Å². The molecule has 70 valence electrons. The highest BCUT2D eigenvalue weighted by atomic mass is 16.5. The van der Waals surface area contributed by atoms with Gasteiger partial charge in [0.15, 0.2) is 0 Å². The minimum atomic E-state index is -0.344. The fourth-order valence-electron chi connectivity index (χ4n) is 0.986. The lowest BCUT2D eigenvalue weighted by Crippen LogP contribution is -2.25. The molecular weight excluding hydrogens is 168 g/mol. The number of rotatable bonds is 2. The zero-order valence-electron chi connectivity index (χ0n) is 7.73. The third-order valence-electron chi connectivity index (χ3n) is 1.63. The minimum Gasteiger partial charge on any atom is -0.453 e. The molecule has 0 saturated heterocycles. The highest BCUT2D eigenvalue weighted by molar-refractivity contribution is 5.66. The summed E-state index contributed by atoms with van der Waals surface area (Å²) in [5.74, 6) is 0. The fraction of sp³-hybridized carbons (Fsp3) is 0.333. The second-order valence-electron chi connectivity index (χ2n) is 2.69. The van der Waals surface area contributed by atoms with Gasteiger partial charge < -0.3 is 9.64 Å². The Labute approximate surface area is 77.1 Å². The summed E-state index contributed by atoms with van der Waals surface area (Å²) in [5.41, 5.74) is 0.982. The number of hydrogen-bond acceptors (Lipinski definition) is 3. The molecule has 13 heavy (non-hydrogen) atoms. The van der Waals surface area contributed by atoms with Crippen molar-refractivity contribution in [3.8, 4) is 0 Å². The molecule has 0 aliphatic carbocycles. The molecule has 0 atom stereocenters. The maximum atomic E-state index is 11.0. The van der Waals surface area contributed by atoms with Gasteiger partial charge in [-0.15, -0.1) is 0 Å². The zero-order chi connectivity index (χ0) is 9.68. The van der Waals surface area contributed by atoms with Gasteiger partial charge in [0.25, 0.3) is 0 Å². The second kappa shape index (κ2) is 4.45. The summed E-state index contributed by atoms with van der Waals surface area (Å²) in [7, 11) is 3.04. The number of carbonyl (C=O) groups excluding carboxylic acids is 1. The first-order valence-electron chi connectivity index (χ1n) is 3.92. The van der Waals surface area contributed by atoms with Crippen molar-refractivity contribution in [3.05, 3.63) is 30.1 Å². The van der Waals surface area contributed by atoms with Crippen LogP contribution in [0, 0.1) is 0 Å². The normalized spacial score (nSPS) is 9.38. The van der Waals surface area contributed by atoms with Gasteiger partial charge in [-0.1, -0.05) is 6.07 Å². The summed E-state index contributed by atoms with van der Waals surface area (Å²) < 4.78 is 4.55. The molecule has 1 amide bonds. The van der Waals surface area contributed by atoms with Gasteiger partial charge in [-0.2, -0.15) is 0 Å². The SMILES string of the molecule is COC(=O)N(C)Cc1cccnc1. The summed E-state index contributed by atoms with van der Waals surface area (Å²) in [6, 6.07) is 3.74. The molecule has 0 N–H and O–H groups in total. The van der Waals surface area contributed by atoms with Crippen molar-refractivity contribution < 1.29 is 9.53 Å². The monoisotopic (exact) mass is 180 g/mol. The number of hydrogen-bond donors (Lipinski definition) is 0. The summed E-state index contributed by atoms with van der Waals surface area (Å²) in [6.07, 6.45) is 3.07. The van der Waals surface area contributed by atoms with E-state index in [-0.39, 0.29) is 6.09 Å². The molecule has 0 fully saturated rings. The molecule has 0 unspecified atom stereocenters. The quantitative estimate of drug-likeness (QED) is 0.688. The van der Waals surface area contributed by atoms with Gasteiger partial charge in [0.2, 0.25) is 0 Å². The third-order valence-corrected chi connectivity index (χ3v) is 1.63. The molecule has 1 aromatic rings. The highest BCUT2D eigenvalue weighted by Gasteiger charge is 2.07. The van der Waals surface area contributed by atoms with Crippen LogP contribution in [0.4, 0.5) is 4.79 Å². The van der Waals surface area contributed by atoms with Gasteiger partial charge in [-0.25, -0.2) is 4.79 Å². The second-order valence-corrected chi connectivity index (χ2v) is 2.69. The number of carbonyl (C=O) groups is 1. The van der Waals surface area contributed by atoms with Crippen LogP contribution in [-0.2, 0) is 11.3 Å². The molecule has 0 bridgehead atoms. The summed E-state index contributed by atoms with van der Waals surface area (Å²) in [4.78, 5) is 16.4. The Kier molecular flexibility index (Phi) is 3.25. The zero-order valence-corrected chi connectivity index (χ0v) is 7.73. The van der Waals surface area contributed by atoms with Crippen LogP contribution in [0.2, 0.25) is 0 Å². The van der Waals surface area contributed by atoms with E-state index < -0.39 is 0 Å². The molecule has 4 heteroatoms. The third kappa shape index (κ3) is 2.74. The molecule has 0 saturated carbocycles. The van der Waals surface area contributed by atoms with E-state index in [1.165, 1.54) is 12.0 Å². The van der Waals surface area contributed by atoms with Crippen LogP contribution in [0.25, 0.3) is 0 Å². The van der Waals surface area contributed by atoms with Crippen LogP contribution in [0.15, 0.2) is 24.5 Å². The first kappa shape index (κ1) is 9.51. The van der Waals surface area contributed by atoms with Crippen LogP contribution in [0.3, 0.4) is 0 Å². The van der Waals surface area contributed by atoms with E-state index in [1.807, 2.05) is 12.1 Å². The van der Waals surface area contributed by atoms with Crippen molar-refractivity contribution >= 4 is 6.09 Å². The van der Waals surface area contributed by atoms with Crippen molar-refractivity contribution in [2.75, 3.05) is 14.2 Å². The topological polar surface area (TPSA) is 42.4 Å². The Morgan fingerprint density at radius 2 is 2.46 bits per heavy atom. The maximum absolute atomic E-state index is 11.0. The molecule has 1 aromatic heterocycles. The number of pyridine rings is 1. The Morgan fingerprint density at radius 1 is 1.69 bits per heavy atom. The Morgan fingerprint density at radius 3 is 3.00 bits per heavy atom. The summed E-state index contributed by atoms with van der Waals surface area (Å²) in [6.45, 7) is 0.514. The van der Waals surface area contributed by atoms with Crippen molar-refractivity contribution in [2.45, 2.75) is 6.54 Å². The number of nitrogens with zero attached hydrogens (tertiary/aromatic N) is 2. The summed E-state index contributed by atoms with van der Waals surface area (Å²) >= 11 is 0. The predicted octanol–water partition coefficient (Wildman–Crippen LogP) is 1.28. The van der Waals surface area contributed by atoms with Gasteiger partial charge >= 0.3 is 6.09 Å². The average Bonchev–Trinajstić information content (AvgIpc) is 2.18. The lowest BCUT2D eigenvalue weighted by Gasteiger charge is -2.14. The van der Waals surface area contributed by atoms with Crippen molar-refractivity contribution in [1.82, 2.24) is 9.88 Å². The largest absolute Gasteiger partial charge is 0.453 e. The Hall–Kier alpha value is -1.58. The first-order chi connectivity index (χ1) is 6.24. The number of ether oxygens (including phenoxy) is 1. The first-order valence-corrected chi connectivity index (χ1v) is 3.92. The molecule has 1 heterocycles. The Bertz CT molecular complexity index is 274. The van der Waals surface area contributed by atoms with Gasteiger partial charge in [0, 0.05) is 19.4 Å². The van der Waals surface area contributed by atoms with E-state index in [0.29, 0.717) is 6.54 Å². The molecule has 0 aromatic carbocycles. The number of methoxy groups -OCH3 is 1. The lowest BCUT2D eigenvalue weighted by atomic mass is 10.3. The average molecular weight is 180 g/mol. The Balaban J connectivity index is 2.55. The molecule has 0 aliphatic heterocycles. The predicted molar refractivity (Wildman–Crippen MR) is 48.1 cm³/mol. The van der Waals surface area contributed by atoms with E-state index in [0.717, 1.165) is 5.56 Å². The number of aromatic nitrogens is 1. The van der Waals surface area contributed by atoms with Gasteiger partial charge in [-0.05, 0) is 11.6 Å². The van der Waals surface area contributed by atoms with E-state index in [9.17, 15) is 4.79 Å². The molecular formula is C9H12N2O2. The maximum Gasteiger partial charge on any atom is 0.409 e. The van der Waals surface area contributed by atoms with E-state index >= 15 is 0 Å². The fourth-order valence-corrected chi connectivity index (χ4v) is 0.986. The van der Waals surface area contributed by atoms with Crippen molar-refractivity contribution in [2.24, 2.45) is 0 Å². The smallest absolute Gasteiger partial charge is 0.409 e. The van der Waals surface area contributed by atoms with Crippen LogP contribution < -0.4 is 0 Å². The summed E-state index contributed by atoms with van der Waals surface area (Å²) in [5, 5.41) is 0. The van der Waals surface area contributed by atoms with E-state index in [1.54, 1.807) is 19.4 Å². The lowest BCUT2D eigenvalue weighted by molar-refractivity contribution is 0.131. The van der Waals surface area contributed by atoms with Gasteiger partial charge in [0.05, 0.1) is 13.7 Å². The molecule has 4 nitrogen and oxygen atoms in total. The van der Waals surface area contributed by atoms with Crippen LogP contribution >= 0.6 is 0 Å². The molecule has 0 spiro atoms. The molecule has 1 rings (SSSR count). The molecule has 0 aliphatic rings. The minimum absolute atomic E-state index is 0.344. The van der Waals surface area contributed by atoms with Gasteiger partial charge in [-0.3, -0.25) is 4.98 Å². The van der Waals surface area contributed by atoms with Gasteiger partial charge in [0.1, 0.15) is 0 Å².